The van der Waals surface area contributed by atoms with Crippen LogP contribution in [0.2, 0.25) is 0 Å². The fraction of sp³-hybridized carbons (Fsp3) is 0.368. The van der Waals surface area contributed by atoms with Gasteiger partial charge in [0, 0.05) is 53.9 Å². The highest BCUT2D eigenvalue weighted by atomic mass is 32.1. The van der Waals surface area contributed by atoms with Crippen LogP contribution in [0, 0.1) is 0 Å². The molecule has 0 spiro atoms. The number of benzene rings is 3. The first kappa shape index (κ1) is 42.8. The van der Waals surface area contributed by atoms with Crippen LogP contribution < -0.4 is 0 Å². The van der Waals surface area contributed by atoms with E-state index in [0.717, 1.165) is 0 Å². The van der Waals surface area contributed by atoms with E-state index in [9.17, 15) is 0 Å². The molecule has 3 nitrogen and oxygen atoms in total. The molecule has 3 fully saturated rings. The molecule has 6 aromatic rings. The molecule has 3 aromatic heterocycles. The maximum absolute atomic E-state index is 2.45. The Morgan fingerprint density at radius 3 is 0.857 bits per heavy atom. The van der Waals surface area contributed by atoms with Crippen LogP contribution in [-0.2, 0) is 38.5 Å². The third-order valence-corrected chi connectivity index (χ3v) is 17.5. The third-order valence-electron chi connectivity index (χ3n) is 14.6. The minimum atomic E-state index is 1.18. The highest BCUT2D eigenvalue weighted by molar-refractivity contribution is 7.10. The van der Waals surface area contributed by atoms with Gasteiger partial charge in [-0.15, -0.1) is 34.0 Å². The summed E-state index contributed by atoms with van der Waals surface area (Å²) in [4.78, 5) is 12.1. The van der Waals surface area contributed by atoms with Gasteiger partial charge in [-0.05, 0) is 199 Å². The Labute approximate surface area is 389 Å². The van der Waals surface area contributed by atoms with Crippen LogP contribution in [0.4, 0.5) is 0 Å². The van der Waals surface area contributed by atoms with Crippen molar-refractivity contribution >= 4 is 50.7 Å². The molecule has 6 heteroatoms. The lowest BCUT2D eigenvalue weighted by molar-refractivity contribution is 0.313. The van der Waals surface area contributed by atoms with Gasteiger partial charge in [0.15, 0.2) is 0 Å². The van der Waals surface area contributed by atoms with Gasteiger partial charge < -0.3 is 14.7 Å². The number of hydrogen-bond acceptors (Lipinski definition) is 6. The molecule has 3 aliphatic carbocycles. The molecular weight excluding hydrogens is 823 g/mol. The second-order valence-corrected chi connectivity index (χ2v) is 21.6. The Balaban J connectivity index is 0.000000112. The molecule has 63 heavy (non-hydrogen) atoms. The first-order valence-electron chi connectivity index (χ1n) is 23.6. The predicted octanol–water partition coefficient (Wildman–Crippen LogP) is 13.1. The SMILES string of the molecule is CN1CCC(=C2c3ccccc3CCc3sccc32)CC1.CN1CCC(=C2c3ccccc3CCc3sccc32)CC1.CN1CCC(=C2c3ccccc3CCc3sccc32)CC1. The molecule has 0 unspecified atom stereocenters. The van der Waals surface area contributed by atoms with Crippen molar-refractivity contribution in [3.8, 4) is 0 Å². The molecular formula is C57H63N3S3. The molecule has 0 saturated carbocycles. The molecule has 3 saturated heterocycles. The van der Waals surface area contributed by atoms with E-state index in [1.165, 1.54) is 166 Å². The van der Waals surface area contributed by atoms with Gasteiger partial charge in [-0.3, -0.25) is 0 Å². The minimum absolute atomic E-state index is 1.18. The average molecular weight is 886 g/mol. The van der Waals surface area contributed by atoms with Crippen molar-refractivity contribution in [1.82, 2.24) is 14.7 Å². The molecule has 6 heterocycles. The zero-order valence-corrected chi connectivity index (χ0v) is 40.1. The van der Waals surface area contributed by atoms with Gasteiger partial charge in [0.2, 0.25) is 0 Å². The van der Waals surface area contributed by atoms with E-state index in [4.69, 9.17) is 0 Å². The van der Waals surface area contributed by atoms with Gasteiger partial charge in [-0.2, -0.15) is 0 Å². The van der Waals surface area contributed by atoms with Crippen LogP contribution in [0.3, 0.4) is 0 Å². The maximum Gasteiger partial charge on any atom is 0.0127 e. The quantitative estimate of drug-likeness (QED) is 0.150. The van der Waals surface area contributed by atoms with E-state index in [-0.39, 0.29) is 0 Å². The van der Waals surface area contributed by atoms with Crippen molar-refractivity contribution in [2.45, 2.75) is 77.0 Å². The molecule has 0 bridgehead atoms. The summed E-state index contributed by atoms with van der Waals surface area (Å²) in [6.07, 6.45) is 14.4. The summed E-state index contributed by atoms with van der Waals surface area (Å²) in [5, 5.41) is 6.82. The smallest absolute Gasteiger partial charge is 0.0127 e. The summed E-state index contributed by atoms with van der Waals surface area (Å²) in [6.45, 7) is 7.17. The molecule has 0 radical (unpaired) electrons. The van der Waals surface area contributed by atoms with Crippen LogP contribution in [0.25, 0.3) is 16.7 Å². The molecule has 12 rings (SSSR count). The van der Waals surface area contributed by atoms with Crippen LogP contribution >= 0.6 is 34.0 Å². The van der Waals surface area contributed by atoms with Gasteiger partial charge >= 0.3 is 0 Å². The molecule has 6 aliphatic rings. The standard InChI is InChI=1S/3C19H21NS/c3*1-20-11-8-15(9-12-20)19-16-5-3-2-4-14(16)6-7-18-17(19)10-13-21-18/h3*2-5,10,13H,6-9,11-12H2,1H3. The largest absolute Gasteiger partial charge is 0.306 e. The van der Waals surface area contributed by atoms with Crippen molar-refractivity contribution < 1.29 is 0 Å². The maximum atomic E-state index is 2.45. The number of nitrogens with zero attached hydrogens (tertiary/aromatic N) is 3. The van der Waals surface area contributed by atoms with Crippen molar-refractivity contribution in [1.29, 1.82) is 0 Å². The van der Waals surface area contributed by atoms with E-state index in [0.29, 0.717) is 0 Å². The highest BCUT2D eigenvalue weighted by Gasteiger charge is 2.27. The number of rotatable bonds is 0. The Morgan fingerprint density at radius 2 is 0.571 bits per heavy atom. The van der Waals surface area contributed by atoms with Crippen LogP contribution in [0.15, 0.2) is 124 Å². The summed E-state index contributed by atoms with van der Waals surface area (Å²) >= 11 is 5.80. The number of aryl methyl sites for hydroxylation is 6. The van der Waals surface area contributed by atoms with Gasteiger partial charge in [0.05, 0.1) is 0 Å². The summed E-state index contributed by atoms with van der Waals surface area (Å²) in [5.41, 5.74) is 23.3. The Bertz CT molecular complexity index is 2340. The molecule has 324 valence electrons. The van der Waals surface area contributed by atoms with Gasteiger partial charge in [-0.25, -0.2) is 0 Å². The molecule has 0 atom stereocenters. The summed E-state index contributed by atoms with van der Waals surface area (Å²) < 4.78 is 0. The zero-order valence-electron chi connectivity index (χ0n) is 37.7. The van der Waals surface area contributed by atoms with E-state index < -0.39 is 0 Å². The van der Waals surface area contributed by atoms with Crippen LogP contribution in [0.1, 0.15) is 103 Å². The van der Waals surface area contributed by atoms with Crippen molar-refractivity contribution in [3.05, 3.63) is 189 Å². The lowest BCUT2D eigenvalue weighted by Crippen LogP contribution is -2.27. The third kappa shape index (κ3) is 9.23. The molecule has 0 N–H and O–H groups in total. The normalized spacial score (nSPS) is 19.1. The fourth-order valence-corrected chi connectivity index (χ4v) is 13.6. The van der Waals surface area contributed by atoms with Gasteiger partial charge in [-0.1, -0.05) is 89.5 Å². The Hall–Kier alpha value is -4.14. The van der Waals surface area contributed by atoms with Gasteiger partial charge in [0.25, 0.3) is 0 Å². The minimum Gasteiger partial charge on any atom is -0.306 e. The van der Waals surface area contributed by atoms with Gasteiger partial charge in [0.1, 0.15) is 0 Å². The first-order chi connectivity index (χ1) is 31.0. The Morgan fingerprint density at radius 1 is 0.302 bits per heavy atom. The van der Waals surface area contributed by atoms with E-state index in [2.05, 4.69) is 143 Å². The fourth-order valence-electron chi connectivity index (χ4n) is 11.0. The van der Waals surface area contributed by atoms with E-state index >= 15 is 0 Å². The van der Waals surface area contributed by atoms with Crippen molar-refractivity contribution in [2.75, 3.05) is 60.4 Å². The summed E-state index contributed by atoms with van der Waals surface area (Å²) in [6, 6.07) is 34.2. The average Bonchev–Trinajstić information content (AvgIpc) is 4.04. The van der Waals surface area contributed by atoms with E-state index in [1.54, 1.807) is 48.1 Å². The zero-order chi connectivity index (χ0) is 42.7. The second-order valence-electron chi connectivity index (χ2n) is 18.6. The summed E-state index contributed by atoms with van der Waals surface area (Å²) in [5.74, 6) is 0. The number of likely N-dealkylation sites (tertiary alicyclic amines) is 3. The molecule has 0 amide bonds. The summed E-state index contributed by atoms with van der Waals surface area (Å²) in [7, 11) is 6.70. The lowest BCUT2D eigenvalue weighted by atomic mass is 9.88. The monoisotopic (exact) mass is 885 g/mol. The van der Waals surface area contributed by atoms with Crippen molar-refractivity contribution in [2.24, 2.45) is 0 Å². The molecule has 3 aliphatic heterocycles. The lowest BCUT2D eigenvalue weighted by Gasteiger charge is -2.27. The predicted molar refractivity (Wildman–Crippen MR) is 273 cm³/mol. The van der Waals surface area contributed by atoms with Crippen molar-refractivity contribution in [3.63, 3.8) is 0 Å². The number of hydrogen-bond donors (Lipinski definition) is 0. The number of thiophene rings is 3. The molecule has 3 aromatic carbocycles. The van der Waals surface area contributed by atoms with Crippen LogP contribution in [0.5, 0.6) is 0 Å². The van der Waals surface area contributed by atoms with E-state index in [1.807, 2.05) is 34.0 Å². The van der Waals surface area contributed by atoms with Crippen LogP contribution in [-0.4, -0.2) is 75.1 Å². The second kappa shape index (κ2) is 19.5. The highest BCUT2D eigenvalue weighted by Crippen LogP contribution is 2.43. The topological polar surface area (TPSA) is 9.72 Å². The first-order valence-corrected chi connectivity index (χ1v) is 26.3. The number of fused-ring (bicyclic) bond motifs is 6. The number of piperidine rings is 3. The Kier molecular flexibility index (Phi) is 13.3.